The number of allylic oxidation sites excluding steroid dienone is 2. The lowest BCUT2D eigenvalue weighted by Gasteiger charge is -2.47. The predicted octanol–water partition coefficient (Wildman–Crippen LogP) is 9.12. The molecular weight excluding hydrogens is 490 g/mol. The summed E-state index contributed by atoms with van der Waals surface area (Å²) in [7, 11) is -2.29. The first-order valence-electron chi connectivity index (χ1n) is 14.6. The molecule has 1 unspecified atom stereocenters. The fourth-order valence-corrected chi connectivity index (χ4v) is 12.4. The molecule has 1 aromatic carbocycles. The number of ether oxygens (including phenoxy) is 1. The Bertz CT molecular complexity index is 1200. The number of carbonyl (C=O) groups excluding carboxylic acids is 2. The zero-order valence-corrected chi connectivity index (χ0v) is 25.9. The second kappa shape index (κ2) is 10.7. The number of fused-ring (bicyclic) bond motifs is 1. The third-order valence-electron chi connectivity index (χ3n) is 8.71. The van der Waals surface area contributed by atoms with Gasteiger partial charge in [0.2, 0.25) is 0 Å². The molecular formula is C32H47NO4Si. The van der Waals surface area contributed by atoms with Gasteiger partial charge >= 0.3 is 6.09 Å². The van der Waals surface area contributed by atoms with E-state index in [4.69, 9.17) is 9.16 Å². The quantitative estimate of drug-likeness (QED) is 0.330. The van der Waals surface area contributed by atoms with Crippen molar-refractivity contribution in [1.29, 1.82) is 0 Å². The van der Waals surface area contributed by atoms with Crippen LogP contribution in [-0.4, -0.2) is 30.4 Å². The normalized spacial score (nSPS) is 19.6. The molecule has 2 aliphatic carbocycles. The van der Waals surface area contributed by atoms with E-state index >= 15 is 0 Å². The molecule has 0 aliphatic heterocycles. The molecule has 1 aromatic heterocycles. The number of Topliss-reactive ketones (excluding diaryl/α,β-unsaturated/α-hetero) is 1. The van der Waals surface area contributed by atoms with Gasteiger partial charge in [-0.1, -0.05) is 79.0 Å². The summed E-state index contributed by atoms with van der Waals surface area (Å²) in [5.41, 5.74) is 3.14. The van der Waals surface area contributed by atoms with Gasteiger partial charge in [0, 0.05) is 17.2 Å². The van der Waals surface area contributed by atoms with E-state index < -0.39 is 25.9 Å². The summed E-state index contributed by atoms with van der Waals surface area (Å²) in [6.45, 7) is 19.3. The number of nitrogens with zero attached hydrogens (tertiary/aromatic N) is 1. The Morgan fingerprint density at radius 1 is 0.947 bits per heavy atom. The van der Waals surface area contributed by atoms with Crippen LogP contribution in [0.4, 0.5) is 4.79 Å². The van der Waals surface area contributed by atoms with E-state index in [9.17, 15) is 9.59 Å². The van der Waals surface area contributed by atoms with Gasteiger partial charge in [0.25, 0.3) is 8.32 Å². The van der Waals surface area contributed by atoms with Crippen molar-refractivity contribution in [2.75, 3.05) is 0 Å². The summed E-state index contributed by atoms with van der Waals surface area (Å²) < 4.78 is 14.6. The number of rotatable bonds is 7. The smallest absolute Gasteiger partial charge is 0.419 e. The highest BCUT2D eigenvalue weighted by Gasteiger charge is 2.53. The standard InChI is InChI=1S/C32H47NO4Si/c1-20(2)38(21(3)4,22(5)6)37-30-27(23-15-11-10-12-16-23)29(34)28(30)25-19-33(31(35)36-32(7,8)9)26-18-14-13-17-24(25)26/h13-14,17-23,28H,10-12,15-16H2,1-9H3. The second-order valence-electron chi connectivity index (χ2n) is 13.3. The van der Waals surface area contributed by atoms with Gasteiger partial charge < -0.3 is 9.16 Å². The topological polar surface area (TPSA) is 57.5 Å². The van der Waals surface area contributed by atoms with Crippen molar-refractivity contribution in [2.24, 2.45) is 5.92 Å². The van der Waals surface area contributed by atoms with Gasteiger partial charge in [0.15, 0.2) is 5.78 Å². The molecule has 2 aromatic rings. The van der Waals surface area contributed by atoms with E-state index in [2.05, 4.69) is 41.5 Å². The number of hydrogen-bond donors (Lipinski definition) is 0. The highest BCUT2D eigenvalue weighted by molar-refractivity contribution is 6.78. The lowest BCUT2D eigenvalue weighted by atomic mass is 9.69. The summed E-state index contributed by atoms with van der Waals surface area (Å²) in [6, 6.07) is 7.82. The molecule has 1 fully saturated rings. The highest BCUT2D eigenvalue weighted by atomic mass is 28.4. The minimum atomic E-state index is -2.29. The highest BCUT2D eigenvalue weighted by Crippen LogP contribution is 2.53. The van der Waals surface area contributed by atoms with Crippen molar-refractivity contribution in [1.82, 2.24) is 4.57 Å². The maximum atomic E-state index is 14.1. The van der Waals surface area contributed by atoms with E-state index in [0.717, 1.165) is 40.6 Å². The lowest BCUT2D eigenvalue weighted by molar-refractivity contribution is -0.120. The van der Waals surface area contributed by atoms with E-state index in [-0.39, 0.29) is 11.7 Å². The van der Waals surface area contributed by atoms with Gasteiger partial charge in [-0.05, 0) is 67.8 Å². The Morgan fingerprint density at radius 3 is 2.08 bits per heavy atom. The van der Waals surface area contributed by atoms with Crippen LogP contribution in [0.3, 0.4) is 0 Å². The fraction of sp³-hybridized carbons (Fsp3) is 0.625. The zero-order valence-electron chi connectivity index (χ0n) is 24.9. The number of ketones is 1. The summed E-state index contributed by atoms with van der Waals surface area (Å²) in [6.07, 6.45) is 7.08. The van der Waals surface area contributed by atoms with Crippen LogP contribution < -0.4 is 0 Å². The van der Waals surface area contributed by atoms with Crippen LogP contribution in [0.1, 0.15) is 106 Å². The molecule has 0 amide bonds. The average Bonchev–Trinajstić information content (AvgIpc) is 3.20. The third kappa shape index (κ3) is 5.01. The van der Waals surface area contributed by atoms with Crippen LogP contribution in [0.15, 0.2) is 41.8 Å². The molecule has 5 nitrogen and oxygen atoms in total. The Labute approximate surface area is 230 Å². The van der Waals surface area contributed by atoms with E-state index in [1.54, 1.807) is 4.57 Å². The molecule has 38 heavy (non-hydrogen) atoms. The molecule has 1 atom stereocenters. The lowest BCUT2D eigenvalue weighted by Crippen LogP contribution is -2.50. The van der Waals surface area contributed by atoms with Gasteiger partial charge in [-0.2, -0.15) is 0 Å². The van der Waals surface area contributed by atoms with Gasteiger partial charge in [0.05, 0.1) is 5.52 Å². The van der Waals surface area contributed by atoms with Crippen molar-refractivity contribution in [3.05, 3.63) is 47.4 Å². The largest absolute Gasteiger partial charge is 0.545 e. The van der Waals surface area contributed by atoms with Crippen LogP contribution in [0, 0.1) is 5.92 Å². The monoisotopic (exact) mass is 537 g/mol. The molecule has 0 saturated heterocycles. The fourth-order valence-electron chi connectivity index (χ4n) is 7.11. The molecule has 0 radical (unpaired) electrons. The van der Waals surface area contributed by atoms with Crippen LogP contribution >= 0.6 is 0 Å². The first-order valence-corrected chi connectivity index (χ1v) is 16.7. The molecule has 1 heterocycles. The van der Waals surface area contributed by atoms with Crippen molar-refractivity contribution in [2.45, 2.75) is 123 Å². The number of hydrogen-bond acceptors (Lipinski definition) is 4. The zero-order chi connectivity index (χ0) is 28.0. The molecule has 2 aliphatic rings. The number of carbonyl (C=O) groups is 2. The number of benzene rings is 1. The van der Waals surface area contributed by atoms with Gasteiger partial charge in [-0.15, -0.1) is 0 Å². The van der Waals surface area contributed by atoms with Crippen LogP contribution in [0.5, 0.6) is 0 Å². The van der Waals surface area contributed by atoms with E-state index in [0.29, 0.717) is 16.6 Å². The summed E-state index contributed by atoms with van der Waals surface area (Å²) in [5, 5.41) is 0.909. The summed E-state index contributed by atoms with van der Waals surface area (Å²) >= 11 is 0. The van der Waals surface area contributed by atoms with Crippen molar-refractivity contribution < 1.29 is 18.8 Å². The third-order valence-corrected chi connectivity index (χ3v) is 14.7. The van der Waals surface area contributed by atoms with Crippen LogP contribution in [-0.2, 0) is 14.0 Å². The van der Waals surface area contributed by atoms with Gasteiger partial charge in [-0.3, -0.25) is 9.36 Å². The minimum absolute atomic E-state index is 0.179. The molecule has 0 N–H and O–H groups in total. The first-order chi connectivity index (χ1) is 17.8. The Kier molecular flexibility index (Phi) is 8.05. The maximum Gasteiger partial charge on any atom is 0.419 e. The van der Waals surface area contributed by atoms with Crippen molar-refractivity contribution >= 4 is 31.1 Å². The molecule has 1 saturated carbocycles. The maximum absolute atomic E-state index is 14.1. The predicted molar refractivity (Wildman–Crippen MR) is 157 cm³/mol. The van der Waals surface area contributed by atoms with Crippen molar-refractivity contribution in [3.63, 3.8) is 0 Å². The Hall–Kier alpha value is -2.34. The Morgan fingerprint density at radius 2 is 1.53 bits per heavy atom. The van der Waals surface area contributed by atoms with E-state index in [1.807, 2.05) is 51.2 Å². The summed E-state index contributed by atoms with van der Waals surface area (Å²) in [5.74, 6) is 0.887. The average molecular weight is 538 g/mol. The number of aromatic nitrogens is 1. The van der Waals surface area contributed by atoms with Gasteiger partial charge in [0.1, 0.15) is 17.3 Å². The molecule has 6 heteroatoms. The Balaban J connectivity index is 1.87. The number of para-hydroxylation sites is 1. The summed E-state index contributed by atoms with van der Waals surface area (Å²) in [4.78, 5) is 27.3. The molecule has 0 spiro atoms. The second-order valence-corrected chi connectivity index (χ2v) is 18.7. The van der Waals surface area contributed by atoms with Crippen LogP contribution in [0.25, 0.3) is 10.9 Å². The van der Waals surface area contributed by atoms with E-state index in [1.165, 1.54) is 19.3 Å². The molecule has 208 valence electrons. The molecule has 4 rings (SSSR count). The SMILES string of the molecule is CC(C)[Si](OC1=C(C2CCCCC2)C(=O)C1c1cn(C(=O)OC(C)(C)C)c2ccccc12)(C(C)C)C(C)C. The van der Waals surface area contributed by atoms with Gasteiger partial charge in [-0.25, -0.2) is 4.79 Å². The van der Waals surface area contributed by atoms with Crippen molar-refractivity contribution in [3.8, 4) is 0 Å². The van der Waals surface area contributed by atoms with Crippen LogP contribution in [0.2, 0.25) is 16.6 Å². The first kappa shape index (κ1) is 28.7. The molecule has 0 bridgehead atoms. The minimum Gasteiger partial charge on any atom is -0.545 e.